The van der Waals surface area contributed by atoms with Crippen LogP contribution < -0.4 is 4.74 Å². The summed E-state index contributed by atoms with van der Waals surface area (Å²) in [5.74, 6) is 0.892. The number of carbonyl (C=O) groups is 1. The van der Waals surface area contributed by atoms with E-state index in [9.17, 15) is 9.90 Å². The fraction of sp³-hybridized carbons (Fsp3) is 0.542. The maximum Gasteiger partial charge on any atom is 0.237 e. The number of fused-ring (bicyclic) bond motifs is 1. The maximum absolute atomic E-state index is 13.3. The summed E-state index contributed by atoms with van der Waals surface area (Å²) < 4.78 is 11.2. The summed E-state index contributed by atoms with van der Waals surface area (Å²) in [4.78, 5) is 18.6. The Labute approximate surface area is 189 Å². The smallest absolute Gasteiger partial charge is 0.237 e. The van der Waals surface area contributed by atoms with Gasteiger partial charge in [0, 0.05) is 38.2 Å². The van der Waals surface area contributed by atoms with Crippen LogP contribution in [0.25, 0.3) is 0 Å². The van der Waals surface area contributed by atoms with Gasteiger partial charge in [0.05, 0.1) is 18.7 Å². The molecule has 0 saturated carbocycles. The first-order valence-corrected chi connectivity index (χ1v) is 11.8. The molecule has 0 radical (unpaired) electrons. The molecule has 3 rings (SSSR count). The Morgan fingerprint density at radius 1 is 1.32 bits per heavy atom. The summed E-state index contributed by atoms with van der Waals surface area (Å²) in [7, 11) is 1.68. The molecule has 0 fully saturated rings. The van der Waals surface area contributed by atoms with E-state index >= 15 is 0 Å². The summed E-state index contributed by atoms with van der Waals surface area (Å²) in [6.07, 6.45) is 1.21. The second-order valence-electron chi connectivity index (χ2n) is 8.21. The van der Waals surface area contributed by atoms with Crippen LogP contribution in [0, 0.1) is 6.92 Å². The van der Waals surface area contributed by atoms with E-state index in [0.29, 0.717) is 32.8 Å². The van der Waals surface area contributed by atoms with Crippen molar-refractivity contribution in [1.29, 1.82) is 0 Å². The molecule has 31 heavy (non-hydrogen) atoms. The number of hydrogen-bond donors (Lipinski definition) is 1. The van der Waals surface area contributed by atoms with Crippen LogP contribution in [0.1, 0.15) is 35.4 Å². The Hall–Kier alpha value is -1.93. The molecular weight excluding hydrogens is 412 g/mol. The normalized spacial score (nSPS) is 16.9. The Morgan fingerprint density at radius 3 is 2.81 bits per heavy atom. The number of hydrogen-bond acceptors (Lipinski definition) is 6. The van der Waals surface area contributed by atoms with Gasteiger partial charge >= 0.3 is 0 Å². The lowest BCUT2D eigenvalue weighted by molar-refractivity contribution is -0.136. The van der Waals surface area contributed by atoms with Crippen LogP contribution in [-0.4, -0.2) is 73.4 Å². The number of amides is 1. The summed E-state index contributed by atoms with van der Waals surface area (Å²) in [6.45, 7) is 7.03. The molecule has 0 unspecified atom stereocenters. The lowest BCUT2D eigenvalue weighted by Crippen LogP contribution is -2.47. The van der Waals surface area contributed by atoms with Gasteiger partial charge in [0.15, 0.2) is 0 Å². The van der Waals surface area contributed by atoms with Gasteiger partial charge in [-0.05, 0) is 55.8 Å². The molecule has 2 aromatic rings. The molecule has 2 atom stereocenters. The van der Waals surface area contributed by atoms with Crippen molar-refractivity contribution in [2.45, 2.75) is 38.8 Å². The zero-order valence-corrected chi connectivity index (χ0v) is 19.6. The van der Waals surface area contributed by atoms with Gasteiger partial charge < -0.3 is 19.5 Å². The van der Waals surface area contributed by atoms with Crippen molar-refractivity contribution in [3.8, 4) is 5.75 Å². The quantitative estimate of drug-likeness (QED) is 0.537. The Balaban J connectivity index is 1.70. The molecule has 6 nitrogen and oxygen atoms in total. The minimum Gasteiger partial charge on any atom is -0.491 e. The molecule has 1 aromatic carbocycles. The van der Waals surface area contributed by atoms with Gasteiger partial charge in [-0.15, -0.1) is 11.3 Å². The lowest BCUT2D eigenvalue weighted by Gasteiger charge is -2.37. The number of aryl methyl sites for hydroxylation is 1. The first-order chi connectivity index (χ1) is 15.0. The topological polar surface area (TPSA) is 62.2 Å². The van der Waals surface area contributed by atoms with E-state index in [4.69, 9.17) is 9.47 Å². The number of aliphatic hydroxyl groups excluding tert-OH is 1. The van der Waals surface area contributed by atoms with Crippen molar-refractivity contribution < 1.29 is 19.4 Å². The highest BCUT2D eigenvalue weighted by molar-refractivity contribution is 7.10. The van der Waals surface area contributed by atoms with Gasteiger partial charge in [-0.2, -0.15) is 0 Å². The molecule has 0 spiro atoms. The van der Waals surface area contributed by atoms with Crippen LogP contribution in [0.15, 0.2) is 35.7 Å². The fourth-order valence-corrected chi connectivity index (χ4v) is 4.94. The van der Waals surface area contributed by atoms with Crippen LogP contribution in [0.5, 0.6) is 5.75 Å². The van der Waals surface area contributed by atoms with Crippen molar-refractivity contribution in [1.82, 2.24) is 9.80 Å². The second kappa shape index (κ2) is 11.6. The summed E-state index contributed by atoms with van der Waals surface area (Å²) in [5.41, 5.74) is 2.38. The van der Waals surface area contributed by atoms with E-state index in [0.717, 1.165) is 18.6 Å². The van der Waals surface area contributed by atoms with E-state index in [1.807, 2.05) is 34.1 Å². The highest BCUT2D eigenvalue weighted by atomic mass is 32.1. The molecule has 170 valence electrons. The number of benzene rings is 1. The Morgan fingerprint density at radius 2 is 2.10 bits per heavy atom. The van der Waals surface area contributed by atoms with Gasteiger partial charge in [0.2, 0.25) is 5.91 Å². The summed E-state index contributed by atoms with van der Waals surface area (Å²) in [5, 5.41) is 12.0. The molecule has 1 aliphatic rings. The number of nitrogens with zero attached hydrogens (tertiary/aromatic N) is 2. The number of aliphatic hydroxyl groups is 1. The predicted molar refractivity (Wildman–Crippen MR) is 124 cm³/mol. The fourth-order valence-electron chi connectivity index (χ4n) is 4.01. The van der Waals surface area contributed by atoms with E-state index in [1.165, 1.54) is 16.0 Å². The molecule has 1 amide bonds. The number of rotatable bonds is 11. The molecule has 1 N–H and O–H groups in total. The molecule has 1 aromatic heterocycles. The van der Waals surface area contributed by atoms with E-state index in [-0.39, 0.29) is 18.5 Å². The largest absolute Gasteiger partial charge is 0.491 e. The zero-order chi connectivity index (χ0) is 22.2. The molecule has 0 saturated heterocycles. The number of ether oxygens (including phenoxy) is 2. The van der Waals surface area contributed by atoms with Gasteiger partial charge in [-0.25, -0.2) is 0 Å². The average molecular weight is 447 g/mol. The third-order valence-electron chi connectivity index (χ3n) is 5.55. The highest BCUT2D eigenvalue weighted by Crippen LogP contribution is 2.34. The van der Waals surface area contributed by atoms with Crippen LogP contribution in [0.4, 0.5) is 0 Å². The van der Waals surface area contributed by atoms with Gasteiger partial charge in [0.1, 0.15) is 12.4 Å². The number of methoxy groups -OCH3 is 1. The first-order valence-electron chi connectivity index (χ1n) is 10.9. The van der Waals surface area contributed by atoms with Crippen LogP contribution in [0.2, 0.25) is 0 Å². The Bertz CT molecular complexity index is 821. The van der Waals surface area contributed by atoms with Crippen molar-refractivity contribution in [2.24, 2.45) is 0 Å². The molecule has 0 bridgehead atoms. The third kappa shape index (κ3) is 6.77. The number of carbonyl (C=O) groups excluding carboxylic acids is 1. The summed E-state index contributed by atoms with van der Waals surface area (Å²) >= 11 is 1.75. The molecular formula is C24H34N2O4S. The first kappa shape index (κ1) is 23.7. The number of thiophene rings is 1. The standard InChI is InChI=1S/C24H34N2O4S/c1-18-5-7-20(8-6-18)30-17-22-21-10-14-31-23(21)9-12-26(22)24(28)16-25(15-19(2)27)11-4-13-29-3/h5-8,10,14,19,22,27H,4,9,11-13,15-17H2,1-3H3/t19-,22+/m0/s1. The SMILES string of the molecule is COCCCN(CC(=O)N1CCc2sccc2[C@H]1COc1ccc(C)cc1)C[C@H](C)O. The summed E-state index contributed by atoms with van der Waals surface area (Å²) in [6, 6.07) is 10.0. The van der Waals surface area contributed by atoms with Crippen molar-refractivity contribution in [2.75, 3.05) is 46.5 Å². The van der Waals surface area contributed by atoms with E-state index in [2.05, 4.69) is 18.4 Å². The van der Waals surface area contributed by atoms with Crippen LogP contribution in [0.3, 0.4) is 0 Å². The minimum absolute atomic E-state index is 0.0763. The van der Waals surface area contributed by atoms with Gasteiger partial charge in [-0.3, -0.25) is 9.69 Å². The van der Waals surface area contributed by atoms with Gasteiger partial charge in [-0.1, -0.05) is 17.7 Å². The molecule has 7 heteroatoms. The monoisotopic (exact) mass is 446 g/mol. The van der Waals surface area contributed by atoms with Crippen LogP contribution >= 0.6 is 11.3 Å². The molecule has 2 heterocycles. The maximum atomic E-state index is 13.3. The molecule has 1 aliphatic heterocycles. The average Bonchev–Trinajstić information content (AvgIpc) is 3.22. The second-order valence-corrected chi connectivity index (χ2v) is 9.21. The lowest BCUT2D eigenvalue weighted by atomic mass is 10.0. The highest BCUT2D eigenvalue weighted by Gasteiger charge is 2.32. The third-order valence-corrected chi connectivity index (χ3v) is 6.54. The van der Waals surface area contributed by atoms with Crippen molar-refractivity contribution >= 4 is 17.2 Å². The van der Waals surface area contributed by atoms with E-state index in [1.54, 1.807) is 25.4 Å². The van der Waals surface area contributed by atoms with Crippen molar-refractivity contribution in [3.63, 3.8) is 0 Å². The molecule has 0 aliphatic carbocycles. The predicted octanol–water partition coefficient (Wildman–Crippen LogP) is 3.28. The van der Waals surface area contributed by atoms with Crippen LogP contribution in [-0.2, 0) is 16.0 Å². The van der Waals surface area contributed by atoms with E-state index < -0.39 is 6.10 Å². The van der Waals surface area contributed by atoms with Crippen molar-refractivity contribution in [3.05, 3.63) is 51.7 Å². The minimum atomic E-state index is -0.485. The van der Waals surface area contributed by atoms with Gasteiger partial charge in [0.25, 0.3) is 0 Å². The zero-order valence-electron chi connectivity index (χ0n) is 18.8. The Kier molecular flexibility index (Phi) is 8.90.